The highest BCUT2D eigenvalue weighted by Crippen LogP contribution is 2.50. The van der Waals surface area contributed by atoms with E-state index in [0.717, 1.165) is 18.7 Å². The Morgan fingerprint density at radius 3 is 2.96 bits per heavy atom. The summed E-state index contributed by atoms with van der Waals surface area (Å²) in [7, 11) is 1.86. The Morgan fingerprint density at radius 1 is 1.33 bits per heavy atom. The molecule has 0 N–H and O–H groups in total. The van der Waals surface area contributed by atoms with Gasteiger partial charge < -0.3 is 19.4 Å². The van der Waals surface area contributed by atoms with Crippen molar-refractivity contribution in [2.75, 3.05) is 43.1 Å². The summed E-state index contributed by atoms with van der Waals surface area (Å²) in [5.41, 5.74) is 3.44. The van der Waals surface area contributed by atoms with E-state index in [9.17, 15) is 9.59 Å². The predicted octanol–water partition coefficient (Wildman–Crippen LogP) is 2.19. The van der Waals surface area contributed by atoms with E-state index >= 15 is 0 Å². The third kappa shape index (κ3) is 2.16. The number of hydrogen-bond acceptors (Lipinski definition) is 4. The first kappa shape index (κ1) is 15.3. The van der Waals surface area contributed by atoms with Gasteiger partial charge in [-0.1, -0.05) is 12.1 Å². The second kappa shape index (κ2) is 5.69. The number of amides is 2. The zero-order valence-electron chi connectivity index (χ0n) is 14.2. The van der Waals surface area contributed by atoms with Crippen LogP contribution < -0.4 is 9.80 Å². The lowest BCUT2D eigenvalue weighted by Gasteiger charge is -2.38. The molecule has 4 rings (SSSR count). The van der Waals surface area contributed by atoms with Crippen LogP contribution in [0.1, 0.15) is 31.2 Å². The molecule has 6 heteroatoms. The Labute approximate surface area is 142 Å². The van der Waals surface area contributed by atoms with Crippen LogP contribution in [-0.4, -0.2) is 56.2 Å². The molecule has 0 saturated carbocycles. The number of carbonyl (C=O) groups excluding carboxylic acids is 2. The van der Waals surface area contributed by atoms with Crippen molar-refractivity contribution in [2.24, 2.45) is 0 Å². The molecule has 24 heavy (non-hydrogen) atoms. The quantitative estimate of drug-likeness (QED) is 0.792. The van der Waals surface area contributed by atoms with Crippen LogP contribution in [0.3, 0.4) is 0 Å². The van der Waals surface area contributed by atoms with Crippen LogP contribution in [0.4, 0.5) is 16.2 Å². The number of piperidine rings is 1. The van der Waals surface area contributed by atoms with E-state index in [1.165, 1.54) is 11.3 Å². The summed E-state index contributed by atoms with van der Waals surface area (Å²) in [4.78, 5) is 30.4. The molecular formula is C18H23N3O3. The Bertz CT molecular complexity index is 690. The third-order valence-corrected chi connectivity index (χ3v) is 5.54. The van der Waals surface area contributed by atoms with Gasteiger partial charge in [0.25, 0.3) is 0 Å². The highest BCUT2D eigenvalue weighted by Gasteiger charge is 2.45. The highest BCUT2D eigenvalue weighted by molar-refractivity contribution is 5.99. The summed E-state index contributed by atoms with van der Waals surface area (Å²) in [5, 5.41) is 0. The number of fused-ring (bicyclic) bond motifs is 3. The van der Waals surface area contributed by atoms with Crippen LogP contribution in [-0.2, 0) is 9.53 Å². The Morgan fingerprint density at radius 2 is 2.17 bits per heavy atom. The summed E-state index contributed by atoms with van der Waals surface area (Å²) in [6, 6.07) is 6.56. The number of nitrogens with zero attached hydrogens (tertiary/aromatic N) is 3. The topological polar surface area (TPSA) is 53.1 Å². The predicted molar refractivity (Wildman–Crippen MR) is 91.6 cm³/mol. The van der Waals surface area contributed by atoms with Gasteiger partial charge in [0.2, 0.25) is 5.91 Å². The SMILES string of the molecule is CCOC(=O)N1CC[C@H]2[C@@H](C1)c1cccc3c1N2CCC(=O)N3C. The summed E-state index contributed by atoms with van der Waals surface area (Å²) in [6.45, 7) is 4.40. The molecular weight excluding hydrogens is 306 g/mol. The number of anilines is 2. The molecule has 3 heterocycles. The Balaban J connectivity index is 1.71. The van der Waals surface area contributed by atoms with Gasteiger partial charge >= 0.3 is 6.09 Å². The first-order valence-corrected chi connectivity index (χ1v) is 8.69. The van der Waals surface area contributed by atoms with Gasteiger partial charge in [-0.3, -0.25) is 4.79 Å². The van der Waals surface area contributed by atoms with Crippen molar-refractivity contribution in [1.29, 1.82) is 0 Å². The van der Waals surface area contributed by atoms with Crippen LogP contribution in [0.25, 0.3) is 0 Å². The molecule has 1 aromatic rings. The first-order valence-electron chi connectivity index (χ1n) is 8.69. The number of hydrogen-bond donors (Lipinski definition) is 0. The van der Waals surface area contributed by atoms with Crippen molar-refractivity contribution in [3.63, 3.8) is 0 Å². The summed E-state index contributed by atoms with van der Waals surface area (Å²) >= 11 is 0. The second-order valence-corrected chi connectivity index (χ2v) is 6.72. The van der Waals surface area contributed by atoms with Crippen molar-refractivity contribution in [2.45, 2.75) is 31.7 Å². The molecule has 0 radical (unpaired) electrons. The molecule has 3 aliphatic heterocycles. The summed E-state index contributed by atoms with van der Waals surface area (Å²) in [5.74, 6) is 0.456. The molecule has 1 fully saturated rings. The maximum absolute atomic E-state index is 12.3. The number of benzene rings is 1. The minimum absolute atomic E-state index is 0.165. The molecule has 0 spiro atoms. The van der Waals surface area contributed by atoms with Gasteiger partial charge in [0, 0.05) is 45.1 Å². The lowest BCUT2D eigenvalue weighted by molar-refractivity contribution is -0.118. The van der Waals surface area contributed by atoms with Crippen LogP contribution in [0, 0.1) is 0 Å². The van der Waals surface area contributed by atoms with E-state index in [1.54, 1.807) is 4.90 Å². The van der Waals surface area contributed by atoms with Crippen molar-refractivity contribution in [3.8, 4) is 0 Å². The first-order chi connectivity index (χ1) is 11.6. The average Bonchev–Trinajstić information content (AvgIpc) is 2.85. The number of para-hydroxylation sites is 1. The molecule has 2 amide bonds. The van der Waals surface area contributed by atoms with Crippen molar-refractivity contribution < 1.29 is 14.3 Å². The molecule has 2 atom stereocenters. The van der Waals surface area contributed by atoms with Crippen molar-refractivity contribution in [1.82, 2.24) is 4.90 Å². The molecule has 3 aliphatic rings. The fraction of sp³-hybridized carbons (Fsp3) is 0.556. The van der Waals surface area contributed by atoms with Gasteiger partial charge in [-0.05, 0) is 25.0 Å². The number of likely N-dealkylation sites (tertiary alicyclic amines) is 1. The molecule has 1 aromatic carbocycles. The van der Waals surface area contributed by atoms with Crippen LogP contribution in [0.15, 0.2) is 18.2 Å². The van der Waals surface area contributed by atoms with E-state index in [1.807, 2.05) is 31.0 Å². The Kier molecular flexibility index (Phi) is 3.62. The fourth-order valence-electron chi connectivity index (χ4n) is 4.39. The average molecular weight is 329 g/mol. The van der Waals surface area contributed by atoms with Crippen LogP contribution in [0.2, 0.25) is 0 Å². The normalized spacial score (nSPS) is 25.2. The van der Waals surface area contributed by atoms with Gasteiger partial charge in [0.05, 0.1) is 18.0 Å². The van der Waals surface area contributed by atoms with E-state index in [0.29, 0.717) is 38.1 Å². The lowest BCUT2D eigenvalue weighted by atomic mass is 9.89. The number of carbonyl (C=O) groups is 2. The number of rotatable bonds is 1. The zero-order chi connectivity index (χ0) is 16.8. The van der Waals surface area contributed by atoms with E-state index < -0.39 is 0 Å². The maximum Gasteiger partial charge on any atom is 0.409 e. The highest BCUT2D eigenvalue weighted by atomic mass is 16.6. The lowest BCUT2D eigenvalue weighted by Crippen LogP contribution is -2.48. The minimum atomic E-state index is -0.216. The number of ether oxygens (including phenoxy) is 1. The second-order valence-electron chi connectivity index (χ2n) is 6.72. The van der Waals surface area contributed by atoms with Crippen molar-refractivity contribution in [3.05, 3.63) is 23.8 Å². The van der Waals surface area contributed by atoms with Gasteiger partial charge in [0.15, 0.2) is 0 Å². The molecule has 1 saturated heterocycles. The van der Waals surface area contributed by atoms with Gasteiger partial charge in [0.1, 0.15) is 0 Å². The van der Waals surface area contributed by atoms with Gasteiger partial charge in [-0.25, -0.2) is 4.79 Å². The third-order valence-electron chi connectivity index (χ3n) is 5.54. The molecule has 0 unspecified atom stereocenters. The summed E-state index contributed by atoms with van der Waals surface area (Å²) in [6.07, 6.45) is 1.23. The zero-order valence-corrected chi connectivity index (χ0v) is 14.2. The van der Waals surface area contributed by atoms with Gasteiger partial charge in [-0.2, -0.15) is 0 Å². The summed E-state index contributed by atoms with van der Waals surface area (Å²) < 4.78 is 5.18. The van der Waals surface area contributed by atoms with E-state index in [4.69, 9.17) is 4.74 Å². The van der Waals surface area contributed by atoms with E-state index in [2.05, 4.69) is 11.0 Å². The maximum atomic E-state index is 12.3. The molecule has 128 valence electrons. The van der Waals surface area contributed by atoms with Crippen LogP contribution >= 0.6 is 0 Å². The molecule has 0 aromatic heterocycles. The Hall–Kier alpha value is -2.24. The molecule has 6 nitrogen and oxygen atoms in total. The molecule has 0 aliphatic carbocycles. The molecule has 0 bridgehead atoms. The fourth-order valence-corrected chi connectivity index (χ4v) is 4.39. The standard InChI is InChI=1S/C18H23N3O3/c1-3-24-18(23)20-9-7-14-13(11-20)12-5-4-6-15-17(12)21(14)10-8-16(22)19(15)2/h4-6,13-14H,3,7-11H2,1-2H3/t13-,14-/m0/s1. The smallest absolute Gasteiger partial charge is 0.409 e. The van der Waals surface area contributed by atoms with Gasteiger partial charge in [-0.15, -0.1) is 0 Å². The van der Waals surface area contributed by atoms with E-state index in [-0.39, 0.29) is 12.0 Å². The minimum Gasteiger partial charge on any atom is -0.450 e. The monoisotopic (exact) mass is 329 g/mol. The van der Waals surface area contributed by atoms with Crippen LogP contribution in [0.5, 0.6) is 0 Å². The van der Waals surface area contributed by atoms with Crippen molar-refractivity contribution >= 4 is 23.4 Å². The largest absolute Gasteiger partial charge is 0.450 e.